The molecule has 0 spiro atoms. The van der Waals surface area contributed by atoms with Crippen molar-refractivity contribution in [2.75, 3.05) is 24.8 Å². The van der Waals surface area contributed by atoms with Gasteiger partial charge in [-0.1, -0.05) is 6.92 Å². The lowest BCUT2D eigenvalue weighted by atomic mass is 10.1. The van der Waals surface area contributed by atoms with E-state index in [1.165, 1.54) is 4.57 Å². The number of methoxy groups -OCH3 is 1. The van der Waals surface area contributed by atoms with Crippen LogP contribution in [0.1, 0.15) is 26.2 Å². The first kappa shape index (κ1) is 14.6. The Balaban J connectivity index is 2.27. The van der Waals surface area contributed by atoms with Crippen LogP contribution in [0.5, 0.6) is 0 Å². The Hall–Kier alpha value is -1.76. The molecule has 7 heteroatoms. The van der Waals surface area contributed by atoms with Crippen LogP contribution in [0.25, 0.3) is 0 Å². The Morgan fingerprint density at radius 1 is 1.45 bits per heavy atom. The SMILES string of the molecule is COCCn1c(N)c(NC2CCC(C)C2)c(=O)[nH]c1=O. The summed E-state index contributed by atoms with van der Waals surface area (Å²) < 4.78 is 6.27. The second-order valence-electron chi connectivity index (χ2n) is 5.42. The zero-order valence-corrected chi connectivity index (χ0v) is 11.9. The van der Waals surface area contributed by atoms with Gasteiger partial charge in [-0.3, -0.25) is 14.3 Å². The van der Waals surface area contributed by atoms with Crippen molar-refractivity contribution in [3.05, 3.63) is 20.8 Å². The van der Waals surface area contributed by atoms with Crippen molar-refractivity contribution >= 4 is 11.5 Å². The van der Waals surface area contributed by atoms with E-state index in [1.807, 2.05) is 0 Å². The van der Waals surface area contributed by atoms with Crippen LogP contribution in [0.4, 0.5) is 11.5 Å². The first-order valence-corrected chi connectivity index (χ1v) is 6.91. The van der Waals surface area contributed by atoms with Crippen LogP contribution in [0.3, 0.4) is 0 Å². The highest BCUT2D eigenvalue weighted by Gasteiger charge is 2.23. The average molecular weight is 282 g/mol. The summed E-state index contributed by atoms with van der Waals surface area (Å²) in [5.74, 6) is 0.822. The maximum absolute atomic E-state index is 11.9. The van der Waals surface area contributed by atoms with Crippen molar-refractivity contribution in [2.45, 2.75) is 38.8 Å². The number of nitrogens with zero attached hydrogens (tertiary/aromatic N) is 1. The molecule has 1 heterocycles. The molecule has 0 saturated heterocycles. The number of aromatic nitrogens is 2. The van der Waals surface area contributed by atoms with Crippen LogP contribution in [-0.4, -0.2) is 29.3 Å². The van der Waals surface area contributed by atoms with Crippen molar-refractivity contribution < 1.29 is 4.74 Å². The normalized spacial score (nSPS) is 22.1. The maximum Gasteiger partial charge on any atom is 0.330 e. The van der Waals surface area contributed by atoms with Crippen molar-refractivity contribution in [3.8, 4) is 0 Å². The van der Waals surface area contributed by atoms with Gasteiger partial charge in [-0.15, -0.1) is 0 Å². The Morgan fingerprint density at radius 2 is 2.20 bits per heavy atom. The van der Waals surface area contributed by atoms with Gasteiger partial charge in [0, 0.05) is 13.2 Å². The third kappa shape index (κ3) is 3.04. The summed E-state index contributed by atoms with van der Waals surface area (Å²) in [5, 5.41) is 3.18. The molecule has 7 nitrogen and oxygen atoms in total. The van der Waals surface area contributed by atoms with E-state index in [9.17, 15) is 9.59 Å². The molecule has 1 aliphatic carbocycles. The molecule has 0 aromatic carbocycles. The van der Waals surface area contributed by atoms with Crippen LogP contribution in [0, 0.1) is 5.92 Å². The van der Waals surface area contributed by atoms with E-state index < -0.39 is 11.2 Å². The van der Waals surface area contributed by atoms with Gasteiger partial charge >= 0.3 is 5.69 Å². The lowest BCUT2D eigenvalue weighted by Gasteiger charge is -2.17. The van der Waals surface area contributed by atoms with E-state index in [-0.39, 0.29) is 11.9 Å². The maximum atomic E-state index is 11.9. The average Bonchev–Trinajstić information content (AvgIpc) is 2.80. The van der Waals surface area contributed by atoms with Gasteiger partial charge in [0.2, 0.25) is 0 Å². The van der Waals surface area contributed by atoms with Crippen LogP contribution in [0.2, 0.25) is 0 Å². The molecule has 0 amide bonds. The molecule has 0 bridgehead atoms. The number of nitrogens with one attached hydrogen (secondary N) is 2. The molecule has 0 radical (unpaired) electrons. The Morgan fingerprint density at radius 3 is 2.80 bits per heavy atom. The van der Waals surface area contributed by atoms with E-state index in [4.69, 9.17) is 10.5 Å². The molecule has 20 heavy (non-hydrogen) atoms. The highest BCUT2D eigenvalue weighted by Crippen LogP contribution is 2.27. The monoisotopic (exact) mass is 282 g/mol. The van der Waals surface area contributed by atoms with E-state index in [0.717, 1.165) is 19.3 Å². The number of anilines is 2. The predicted octanol–water partition coefficient (Wildman–Crippen LogP) is 0.366. The number of hydrogen-bond donors (Lipinski definition) is 3. The number of nitrogens with two attached hydrogens (primary N) is 1. The minimum atomic E-state index is -0.505. The van der Waals surface area contributed by atoms with Crippen LogP contribution in [-0.2, 0) is 11.3 Å². The third-order valence-electron chi connectivity index (χ3n) is 3.80. The standard InChI is InChI=1S/C13H22N4O3/c1-8-3-4-9(7-8)15-10-11(14)17(5-6-20-2)13(19)16-12(10)18/h8-9,15H,3-7,14H2,1-2H3,(H,16,18,19). The second-order valence-corrected chi connectivity index (χ2v) is 5.42. The molecule has 112 valence electrons. The summed E-state index contributed by atoms with van der Waals surface area (Å²) in [6, 6.07) is 0.238. The number of aromatic amines is 1. The molecule has 1 saturated carbocycles. The number of nitrogen functional groups attached to an aromatic ring is 1. The van der Waals surface area contributed by atoms with Crippen molar-refractivity contribution in [1.29, 1.82) is 0 Å². The summed E-state index contributed by atoms with van der Waals surface area (Å²) in [7, 11) is 1.55. The molecular formula is C13H22N4O3. The highest BCUT2D eigenvalue weighted by atomic mass is 16.5. The van der Waals surface area contributed by atoms with E-state index >= 15 is 0 Å². The second kappa shape index (κ2) is 6.13. The van der Waals surface area contributed by atoms with Gasteiger partial charge < -0.3 is 15.8 Å². The zero-order valence-electron chi connectivity index (χ0n) is 11.9. The zero-order chi connectivity index (χ0) is 14.7. The summed E-state index contributed by atoms with van der Waals surface area (Å²) in [4.78, 5) is 26.0. The third-order valence-corrected chi connectivity index (χ3v) is 3.80. The van der Waals surface area contributed by atoms with Crippen LogP contribution >= 0.6 is 0 Å². The van der Waals surface area contributed by atoms with E-state index in [1.54, 1.807) is 7.11 Å². The Labute approximate surface area is 117 Å². The fourth-order valence-electron chi connectivity index (χ4n) is 2.67. The summed E-state index contributed by atoms with van der Waals surface area (Å²) >= 11 is 0. The molecule has 1 aromatic heterocycles. The van der Waals surface area contributed by atoms with Gasteiger partial charge in [-0.05, 0) is 25.2 Å². The number of hydrogen-bond acceptors (Lipinski definition) is 5. The molecule has 2 unspecified atom stereocenters. The van der Waals surface area contributed by atoms with Gasteiger partial charge in [-0.25, -0.2) is 4.79 Å². The smallest absolute Gasteiger partial charge is 0.330 e. The van der Waals surface area contributed by atoms with Crippen LogP contribution < -0.4 is 22.3 Å². The largest absolute Gasteiger partial charge is 0.383 e. The lowest BCUT2D eigenvalue weighted by molar-refractivity contribution is 0.186. The quantitative estimate of drug-likeness (QED) is 0.724. The first-order chi connectivity index (χ1) is 9.52. The van der Waals surface area contributed by atoms with Crippen molar-refractivity contribution in [1.82, 2.24) is 9.55 Å². The predicted molar refractivity (Wildman–Crippen MR) is 78.0 cm³/mol. The van der Waals surface area contributed by atoms with Gasteiger partial charge in [0.1, 0.15) is 11.5 Å². The summed E-state index contributed by atoms with van der Waals surface area (Å²) in [6.45, 7) is 2.86. The van der Waals surface area contributed by atoms with Gasteiger partial charge in [0.25, 0.3) is 5.56 Å². The fraction of sp³-hybridized carbons (Fsp3) is 0.692. The first-order valence-electron chi connectivity index (χ1n) is 6.91. The topological polar surface area (TPSA) is 102 Å². The van der Waals surface area contributed by atoms with E-state index in [2.05, 4.69) is 17.2 Å². The lowest BCUT2D eigenvalue weighted by Crippen LogP contribution is -2.36. The van der Waals surface area contributed by atoms with Gasteiger partial charge in [0.15, 0.2) is 0 Å². The molecule has 1 aromatic rings. The van der Waals surface area contributed by atoms with Crippen LogP contribution in [0.15, 0.2) is 9.59 Å². The van der Waals surface area contributed by atoms with Crippen molar-refractivity contribution in [2.24, 2.45) is 5.92 Å². The highest BCUT2D eigenvalue weighted by molar-refractivity contribution is 5.61. The van der Waals surface area contributed by atoms with Crippen molar-refractivity contribution in [3.63, 3.8) is 0 Å². The van der Waals surface area contributed by atoms with Gasteiger partial charge in [-0.2, -0.15) is 0 Å². The van der Waals surface area contributed by atoms with E-state index in [0.29, 0.717) is 24.8 Å². The Bertz CT molecular complexity index is 578. The molecule has 2 atom stereocenters. The molecule has 2 rings (SSSR count). The number of rotatable bonds is 5. The van der Waals surface area contributed by atoms with Gasteiger partial charge in [0.05, 0.1) is 13.2 Å². The summed E-state index contributed by atoms with van der Waals surface area (Å²) in [5.41, 5.74) is 5.29. The number of H-pyrrole nitrogens is 1. The fourth-order valence-corrected chi connectivity index (χ4v) is 2.67. The number of ether oxygens (including phenoxy) is 1. The molecule has 1 fully saturated rings. The summed E-state index contributed by atoms with van der Waals surface area (Å²) in [6.07, 6.45) is 3.16. The Kier molecular flexibility index (Phi) is 4.49. The molecule has 4 N–H and O–H groups in total. The minimum Gasteiger partial charge on any atom is -0.383 e. The molecular weight excluding hydrogens is 260 g/mol. The molecule has 1 aliphatic rings. The minimum absolute atomic E-state index is 0.176. The molecule has 0 aliphatic heterocycles.